The quantitative estimate of drug-likeness (QED) is 0.0414. The lowest BCUT2D eigenvalue weighted by Gasteiger charge is -2.31. The summed E-state index contributed by atoms with van der Waals surface area (Å²) in [5, 5.41) is 30.5. The number of nitrogens with zero attached hydrogens (tertiary/aromatic N) is 3. The summed E-state index contributed by atoms with van der Waals surface area (Å²) in [6, 6.07) is -0.708. The van der Waals surface area contributed by atoms with E-state index in [1.165, 1.54) is 29.6 Å². The van der Waals surface area contributed by atoms with Crippen LogP contribution in [0, 0.1) is 11.8 Å². The van der Waals surface area contributed by atoms with Gasteiger partial charge in [-0.1, -0.05) is 46.2 Å². The number of H-pyrrole nitrogens is 1. The zero-order chi connectivity index (χ0) is 41.5. The Labute approximate surface area is 326 Å². The number of guanidine groups is 1. The number of carbonyl (C=O) groups excluding carboxylic acids is 5. The van der Waals surface area contributed by atoms with Crippen LogP contribution in [0.2, 0.25) is 0 Å². The number of carbonyl (C=O) groups is 6. The van der Waals surface area contributed by atoms with Gasteiger partial charge < -0.3 is 58.6 Å². The summed E-state index contributed by atoms with van der Waals surface area (Å²) in [7, 11) is 0. The minimum Gasteiger partial charge on any atom is -0.508 e. The van der Waals surface area contributed by atoms with E-state index < -0.39 is 83.6 Å². The van der Waals surface area contributed by atoms with Gasteiger partial charge in [0.2, 0.25) is 29.5 Å². The lowest BCUT2D eigenvalue weighted by atomic mass is 9.96. The van der Waals surface area contributed by atoms with Crippen LogP contribution in [0.3, 0.4) is 0 Å². The van der Waals surface area contributed by atoms with Crippen LogP contribution in [0.4, 0.5) is 0 Å². The number of carboxylic acids is 1. The molecule has 1 saturated heterocycles. The van der Waals surface area contributed by atoms with Gasteiger partial charge in [0.1, 0.15) is 36.0 Å². The predicted octanol–water partition coefficient (Wildman–Crippen LogP) is -1.00. The van der Waals surface area contributed by atoms with E-state index in [1.54, 1.807) is 32.9 Å². The largest absolute Gasteiger partial charge is 0.508 e. The number of nitrogens with one attached hydrogen (secondary N) is 5. The highest BCUT2D eigenvalue weighted by Gasteiger charge is 2.40. The first-order chi connectivity index (χ1) is 26.5. The van der Waals surface area contributed by atoms with Crippen molar-refractivity contribution in [2.75, 3.05) is 13.1 Å². The second-order valence-corrected chi connectivity index (χ2v) is 14.5. The molecule has 19 heteroatoms. The van der Waals surface area contributed by atoms with Crippen molar-refractivity contribution in [2.45, 2.75) is 109 Å². The average molecular weight is 784 g/mol. The number of phenolic OH excluding ortho intramolecular Hbond substituents is 1. The molecular weight excluding hydrogens is 726 g/mol. The lowest BCUT2D eigenvalue weighted by molar-refractivity contribution is -0.149. The van der Waals surface area contributed by atoms with Crippen molar-refractivity contribution in [3.8, 4) is 5.75 Å². The third-order valence-corrected chi connectivity index (χ3v) is 9.77. The molecule has 0 aliphatic carbocycles. The summed E-state index contributed by atoms with van der Waals surface area (Å²) < 4.78 is 0. The van der Waals surface area contributed by atoms with Crippen molar-refractivity contribution >= 4 is 41.5 Å². The number of rotatable bonds is 21. The van der Waals surface area contributed by atoms with Crippen molar-refractivity contribution in [2.24, 2.45) is 34.0 Å². The Morgan fingerprint density at radius 2 is 1.57 bits per heavy atom. The minimum atomic E-state index is -1.26. The molecule has 2 aromatic rings. The molecule has 0 saturated carbocycles. The van der Waals surface area contributed by atoms with Crippen molar-refractivity contribution in [1.29, 1.82) is 0 Å². The monoisotopic (exact) mass is 783 g/mol. The van der Waals surface area contributed by atoms with Gasteiger partial charge >= 0.3 is 5.97 Å². The lowest BCUT2D eigenvalue weighted by Crippen LogP contribution is -2.61. The molecule has 19 nitrogen and oxygen atoms in total. The van der Waals surface area contributed by atoms with Crippen molar-refractivity contribution < 1.29 is 39.0 Å². The fraction of sp³-hybridized carbons (Fsp3) is 0.568. The molecule has 56 heavy (non-hydrogen) atoms. The van der Waals surface area contributed by atoms with E-state index in [-0.39, 0.29) is 50.5 Å². The SMILES string of the molecule is CCC(C)[C@H](NC(=O)[C@H](Cc1ccc(O)cc1)NC(=O)[C@@H](NC(=O)[C@@H](N)CCCN=C(N)N)C(C)C)C(=O)N[C@@H](Cc1cnc[nH]1)C(=O)N1CCC[C@@H]1C(=O)O. The highest BCUT2D eigenvalue weighted by Crippen LogP contribution is 2.20. The number of aliphatic imine (C=N–C) groups is 1. The Hall–Kier alpha value is -5.72. The maximum atomic E-state index is 14.2. The van der Waals surface area contributed by atoms with Crippen molar-refractivity contribution in [3.05, 3.63) is 48.0 Å². The molecule has 1 aliphatic heterocycles. The summed E-state index contributed by atoms with van der Waals surface area (Å²) in [5.74, 6) is -5.37. The van der Waals surface area contributed by atoms with Crippen LogP contribution >= 0.6 is 0 Å². The number of nitrogens with two attached hydrogens (primary N) is 3. The molecule has 3 rings (SSSR count). The van der Waals surface area contributed by atoms with E-state index in [2.05, 4.69) is 36.2 Å². The van der Waals surface area contributed by atoms with Crippen molar-refractivity contribution in [1.82, 2.24) is 36.1 Å². The fourth-order valence-electron chi connectivity index (χ4n) is 6.31. The Kier molecular flexibility index (Phi) is 17.1. The highest BCUT2D eigenvalue weighted by atomic mass is 16.4. The number of phenols is 1. The van der Waals surface area contributed by atoms with Crippen LogP contribution in [-0.4, -0.2) is 116 Å². The number of benzene rings is 1. The third-order valence-electron chi connectivity index (χ3n) is 9.77. The Morgan fingerprint density at radius 3 is 2.16 bits per heavy atom. The number of hydrogen-bond donors (Lipinski definition) is 10. The van der Waals surface area contributed by atoms with Gasteiger partial charge in [-0.3, -0.25) is 29.0 Å². The van der Waals surface area contributed by atoms with Gasteiger partial charge in [0.15, 0.2) is 5.96 Å². The fourth-order valence-corrected chi connectivity index (χ4v) is 6.31. The zero-order valence-corrected chi connectivity index (χ0v) is 32.4. The molecule has 1 aromatic carbocycles. The molecule has 13 N–H and O–H groups in total. The highest BCUT2D eigenvalue weighted by molar-refractivity contribution is 5.96. The summed E-state index contributed by atoms with van der Waals surface area (Å²) in [4.78, 5) is 92.8. The van der Waals surface area contributed by atoms with Gasteiger partial charge in [-0.2, -0.15) is 0 Å². The van der Waals surface area contributed by atoms with Crippen LogP contribution in [0.25, 0.3) is 0 Å². The van der Waals surface area contributed by atoms with Gasteiger partial charge in [0.25, 0.3) is 0 Å². The molecule has 1 unspecified atom stereocenters. The first-order valence-corrected chi connectivity index (χ1v) is 18.8. The molecule has 1 fully saturated rings. The number of amides is 5. The topological polar surface area (TPSA) is 313 Å². The molecule has 0 radical (unpaired) electrons. The van der Waals surface area contributed by atoms with E-state index in [1.807, 2.05) is 6.92 Å². The molecule has 1 aromatic heterocycles. The van der Waals surface area contributed by atoms with Crippen LogP contribution in [0.5, 0.6) is 5.75 Å². The summed E-state index contributed by atoms with van der Waals surface area (Å²) in [6.45, 7) is 7.48. The summed E-state index contributed by atoms with van der Waals surface area (Å²) in [6.07, 6.45) is 4.70. The smallest absolute Gasteiger partial charge is 0.326 e. The molecule has 5 amide bonds. The molecule has 0 spiro atoms. The van der Waals surface area contributed by atoms with Crippen LogP contribution in [0.15, 0.2) is 41.8 Å². The van der Waals surface area contributed by atoms with Crippen LogP contribution < -0.4 is 38.5 Å². The zero-order valence-electron chi connectivity index (χ0n) is 32.4. The first-order valence-electron chi connectivity index (χ1n) is 18.8. The van der Waals surface area contributed by atoms with Crippen molar-refractivity contribution in [3.63, 3.8) is 0 Å². The minimum absolute atomic E-state index is 0.00708. The maximum absolute atomic E-state index is 14.2. The molecule has 308 valence electrons. The number of carboxylic acid groups (broad SMARTS) is 1. The second-order valence-electron chi connectivity index (χ2n) is 14.5. The number of likely N-dealkylation sites (tertiary alicyclic amines) is 1. The van der Waals surface area contributed by atoms with Gasteiger partial charge in [0.05, 0.1) is 12.4 Å². The number of imidazole rings is 1. The van der Waals surface area contributed by atoms with E-state index in [0.717, 1.165) is 0 Å². The van der Waals surface area contributed by atoms with E-state index in [4.69, 9.17) is 17.2 Å². The normalized spacial score (nSPS) is 17.1. The second kappa shape index (κ2) is 21.4. The number of aliphatic carboxylic acids is 1. The maximum Gasteiger partial charge on any atom is 0.326 e. The summed E-state index contributed by atoms with van der Waals surface area (Å²) >= 11 is 0. The number of hydrogen-bond acceptors (Lipinski definition) is 10. The van der Waals surface area contributed by atoms with Gasteiger partial charge in [0, 0.05) is 37.8 Å². The number of aromatic amines is 1. The number of aromatic nitrogens is 2. The Balaban J connectivity index is 1.85. The molecular formula is C37H57N11O8. The average Bonchev–Trinajstić information content (AvgIpc) is 3.87. The predicted molar refractivity (Wildman–Crippen MR) is 206 cm³/mol. The molecule has 1 aliphatic rings. The number of aromatic hydroxyl groups is 1. The summed E-state index contributed by atoms with van der Waals surface area (Å²) in [5.41, 5.74) is 17.9. The van der Waals surface area contributed by atoms with Crippen LogP contribution in [0.1, 0.15) is 71.1 Å². The molecule has 0 bridgehead atoms. The Bertz CT molecular complexity index is 1660. The standard InChI is InChI=1S/C37H57N11O8/c1-5-21(4)30(34(53)45-27(17-23-18-41-19-43-23)35(54)48-15-7-9-28(48)36(55)56)47-32(51)26(16-22-10-12-24(49)13-11-22)44-33(52)29(20(2)3)46-31(50)25(38)8-6-14-42-37(39)40/h10-13,18-21,25-30,49H,5-9,14-17,38H2,1-4H3,(H,41,43)(H,44,52)(H,45,53)(H,46,50)(H,47,51)(H,55,56)(H4,39,40,42)/t21?,25-,26-,27-,28+,29-,30-/m0/s1. The van der Waals surface area contributed by atoms with Gasteiger partial charge in [-0.15, -0.1) is 0 Å². The van der Waals surface area contributed by atoms with Crippen LogP contribution in [-0.2, 0) is 41.6 Å². The molecule has 7 atom stereocenters. The molecule has 2 heterocycles. The Morgan fingerprint density at radius 1 is 0.929 bits per heavy atom. The van der Waals surface area contributed by atoms with Gasteiger partial charge in [-0.25, -0.2) is 9.78 Å². The van der Waals surface area contributed by atoms with E-state index >= 15 is 0 Å². The van der Waals surface area contributed by atoms with E-state index in [9.17, 15) is 39.0 Å². The first kappa shape index (κ1) is 44.7. The van der Waals surface area contributed by atoms with E-state index in [0.29, 0.717) is 30.5 Å². The third kappa shape index (κ3) is 13.2. The van der Waals surface area contributed by atoms with Gasteiger partial charge in [-0.05, 0) is 55.2 Å².